The highest BCUT2D eigenvalue weighted by Crippen LogP contribution is 2.42. The number of hydrazine groups is 1. The van der Waals surface area contributed by atoms with Gasteiger partial charge in [-0.1, -0.05) is 6.07 Å². The van der Waals surface area contributed by atoms with Crippen LogP contribution in [-0.4, -0.2) is 4.98 Å². The van der Waals surface area contributed by atoms with Crippen LogP contribution in [0.3, 0.4) is 0 Å². The van der Waals surface area contributed by atoms with Crippen molar-refractivity contribution in [3.05, 3.63) is 33.9 Å². The molecule has 1 saturated carbocycles. The minimum absolute atomic E-state index is 0.624. The van der Waals surface area contributed by atoms with Crippen LogP contribution in [0.5, 0.6) is 0 Å². The van der Waals surface area contributed by atoms with Gasteiger partial charge in [-0.25, -0.2) is 0 Å². The number of nitrogen functional groups attached to an aromatic ring is 1. The number of rotatable bonds is 2. The zero-order valence-corrected chi connectivity index (χ0v) is 11.2. The molecule has 0 amide bonds. The van der Waals surface area contributed by atoms with Gasteiger partial charge in [-0.15, -0.1) is 0 Å². The smallest absolute Gasteiger partial charge is 0.0871 e. The summed E-state index contributed by atoms with van der Waals surface area (Å²) in [6, 6.07) is 6.20. The average molecular weight is 292 g/mol. The Hall–Kier alpha value is -1.13. The van der Waals surface area contributed by atoms with E-state index in [1.807, 2.05) is 6.07 Å². The van der Waals surface area contributed by atoms with Gasteiger partial charge in [0.05, 0.1) is 11.2 Å². The van der Waals surface area contributed by atoms with Gasteiger partial charge in [0.15, 0.2) is 0 Å². The largest absolute Gasteiger partial charge is 0.323 e. The van der Waals surface area contributed by atoms with Crippen molar-refractivity contribution in [2.24, 2.45) is 5.84 Å². The molecule has 2 aromatic rings. The summed E-state index contributed by atoms with van der Waals surface area (Å²) in [6.45, 7) is 2.08. The maximum atomic E-state index is 5.63. The number of halogens is 1. The highest BCUT2D eigenvalue weighted by atomic mass is 79.9. The summed E-state index contributed by atoms with van der Waals surface area (Å²) < 4.78 is 1.03. The number of aromatic nitrogens is 1. The third kappa shape index (κ3) is 1.81. The van der Waals surface area contributed by atoms with Gasteiger partial charge in [-0.05, 0) is 53.4 Å². The number of benzene rings is 1. The summed E-state index contributed by atoms with van der Waals surface area (Å²) in [7, 11) is 0. The van der Waals surface area contributed by atoms with Crippen LogP contribution in [0.15, 0.2) is 22.7 Å². The lowest BCUT2D eigenvalue weighted by Gasteiger charge is -2.12. The van der Waals surface area contributed by atoms with Gasteiger partial charge in [-0.2, -0.15) is 0 Å². The molecule has 1 aliphatic rings. The monoisotopic (exact) mass is 291 g/mol. The first-order valence-electron chi connectivity index (χ1n) is 5.77. The summed E-state index contributed by atoms with van der Waals surface area (Å²) in [5, 5.41) is 1.10. The summed E-state index contributed by atoms with van der Waals surface area (Å²) >= 11 is 3.57. The normalized spacial score (nSPS) is 15.2. The molecular weight excluding hydrogens is 278 g/mol. The number of aryl methyl sites for hydroxylation is 1. The van der Waals surface area contributed by atoms with E-state index in [0.717, 1.165) is 26.8 Å². The van der Waals surface area contributed by atoms with E-state index in [0.29, 0.717) is 5.92 Å². The molecule has 1 aliphatic carbocycles. The van der Waals surface area contributed by atoms with Crippen LogP contribution in [-0.2, 0) is 0 Å². The molecule has 0 aliphatic heterocycles. The average Bonchev–Trinajstić information content (AvgIpc) is 3.16. The SMILES string of the molecule is Cc1ccc(Br)c2nc(C3CC3)cc(NN)c12. The van der Waals surface area contributed by atoms with E-state index in [9.17, 15) is 0 Å². The minimum atomic E-state index is 0.624. The molecule has 0 radical (unpaired) electrons. The number of nitrogens with zero attached hydrogens (tertiary/aromatic N) is 1. The molecule has 1 aromatic heterocycles. The van der Waals surface area contributed by atoms with Crippen molar-refractivity contribution in [1.82, 2.24) is 4.98 Å². The van der Waals surface area contributed by atoms with E-state index in [2.05, 4.69) is 40.4 Å². The predicted molar refractivity (Wildman–Crippen MR) is 74.0 cm³/mol. The highest BCUT2D eigenvalue weighted by molar-refractivity contribution is 9.10. The predicted octanol–water partition coefficient (Wildman–Crippen LogP) is 3.47. The number of nitrogens with one attached hydrogen (secondary N) is 1. The van der Waals surface area contributed by atoms with Gasteiger partial charge in [0.1, 0.15) is 0 Å². The fraction of sp³-hybridized carbons (Fsp3) is 0.308. The number of hydrogen-bond donors (Lipinski definition) is 2. The minimum Gasteiger partial charge on any atom is -0.323 e. The van der Waals surface area contributed by atoms with Crippen molar-refractivity contribution in [3.63, 3.8) is 0 Å². The van der Waals surface area contributed by atoms with Gasteiger partial charge >= 0.3 is 0 Å². The first kappa shape index (κ1) is 11.0. The Morgan fingerprint density at radius 3 is 2.82 bits per heavy atom. The zero-order valence-electron chi connectivity index (χ0n) is 9.63. The molecule has 0 bridgehead atoms. The zero-order chi connectivity index (χ0) is 12.0. The van der Waals surface area contributed by atoms with Crippen molar-refractivity contribution in [3.8, 4) is 0 Å². The fourth-order valence-electron chi connectivity index (χ4n) is 2.20. The van der Waals surface area contributed by atoms with Gasteiger partial charge < -0.3 is 5.43 Å². The van der Waals surface area contributed by atoms with Crippen LogP contribution in [0.2, 0.25) is 0 Å². The topological polar surface area (TPSA) is 50.9 Å². The maximum absolute atomic E-state index is 5.63. The Bertz CT molecular complexity index is 591. The summed E-state index contributed by atoms with van der Waals surface area (Å²) in [6.07, 6.45) is 2.48. The second-order valence-corrected chi connectivity index (χ2v) is 5.46. The fourth-order valence-corrected chi connectivity index (χ4v) is 2.62. The van der Waals surface area contributed by atoms with Crippen molar-refractivity contribution in [2.75, 3.05) is 5.43 Å². The number of pyridine rings is 1. The van der Waals surface area contributed by atoms with E-state index in [1.54, 1.807) is 0 Å². The van der Waals surface area contributed by atoms with E-state index in [1.165, 1.54) is 18.4 Å². The van der Waals surface area contributed by atoms with Gasteiger partial charge in [0.25, 0.3) is 0 Å². The molecular formula is C13H14BrN3. The van der Waals surface area contributed by atoms with E-state index < -0.39 is 0 Å². The molecule has 0 saturated heterocycles. The molecule has 3 rings (SSSR count). The molecule has 88 valence electrons. The Morgan fingerprint density at radius 1 is 1.41 bits per heavy atom. The summed E-state index contributed by atoms with van der Waals surface area (Å²) in [5.74, 6) is 6.26. The number of fused-ring (bicyclic) bond motifs is 1. The van der Waals surface area contributed by atoms with E-state index in [-0.39, 0.29) is 0 Å². The van der Waals surface area contributed by atoms with Crippen LogP contribution in [0.25, 0.3) is 10.9 Å². The molecule has 3 nitrogen and oxygen atoms in total. The Kier molecular flexibility index (Phi) is 2.56. The van der Waals surface area contributed by atoms with Crippen molar-refractivity contribution >= 4 is 32.5 Å². The number of nitrogens with two attached hydrogens (primary N) is 1. The standard InChI is InChI=1S/C13H14BrN3/c1-7-2-5-9(14)13-12(7)11(17-15)6-10(16-13)8-3-4-8/h2,5-6,8H,3-4,15H2,1H3,(H,16,17). The maximum Gasteiger partial charge on any atom is 0.0871 e. The van der Waals surface area contributed by atoms with Crippen LogP contribution in [0.1, 0.15) is 30.0 Å². The highest BCUT2D eigenvalue weighted by Gasteiger charge is 2.26. The van der Waals surface area contributed by atoms with Crippen molar-refractivity contribution in [2.45, 2.75) is 25.7 Å². The Morgan fingerprint density at radius 2 is 2.18 bits per heavy atom. The lowest BCUT2D eigenvalue weighted by atomic mass is 10.1. The Labute approximate surface area is 109 Å². The molecule has 1 heterocycles. The van der Waals surface area contributed by atoms with Gasteiger partial charge in [0.2, 0.25) is 0 Å². The summed E-state index contributed by atoms with van der Waals surface area (Å²) in [4.78, 5) is 4.76. The van der Waals surface area contributed by atoms with Crippen molar-refractivity contribution in [1.29, 1.82) is 0 Å². The quantitative estimate of drug-likeness (QED) is 0.658. The molecule has 4 heteroatoms. The second kappa shape index (κ2) is 3.96. The van der Waals surface area contributed by atoms with E-state index >= 15 is 0 Å². The lowest BCUT2D eigenvalue weighted by Crippen LogP contribution is -2.09. The first-order chi connectivity index (χ1) is 8.20. The lowest BCUT2D eigenvalue weighted by molar-refractivity contribution is 1.04. The summed E-state index contributed by atoms with van der Waals surface area (Å²) in [5.41, 5.74) is 7.11. The van der Waals surface area contributed by atoms with E-state index in [4.69, 9.17) is 10.8 Å². The molecule has 0 unspecified atom stereocenters. The molecule has 3 N–H and O–H groups in total. The van der Waals surface area contributed by atoms with Crippen molar-refractivity contribution < 1.29 is 0 Å². The first-order valence-corrected chi connectivity index (χ1v) is 6.56. The van der Waals surface area contributed by atoms with Crippen LogP contribution >= 0.6 is 15.9 Å². The molecule has 17 heavy (non-hydrogen) atoms. The van der Waals surface area contributed by atoms with Crippen LogP contribution in [0.4, 0.5) is 5.69 Å². The number of hydrogen-bond acceptors (Lipinski definition) is 3. The number of anilines is 1. The van der Waals surface area contributed by atoms with Crippen LogP contribution < -0.4 is 11.3 Å². The molecule has 1 aromatic carbocycles. The third-order valence-corrected chi connectivity index (χ3v) is 3.93. The molecule has 1 fully saturated rings. The third-order valence-electron chi connectivity index (χ3n) is 3.29. The Balaban J connectivity index is 2.35. The second-order valence-electron chi connectivity index (χ2n) is 4.60. The molecule has 0 spiro atoms. The van der Waals surface area contributed by atoms with Gasteiger partial charge in [-0.3, -0.25) is 10.8 Å². The molecule has 0 atom stereocenters. The van der Waals surface area contributed by atoms with Gasteiger partial charge in [0, 0.05) is 21.5 Å². The van der Waals surface area contributed by atoms with Crippen LogP contribution in [0, 0.1) is 6.92 Å².